The summed E-state index contributed by atoms with van der Waals surface area (Å²) < 4.78 is 5.17. The van der Waals surface area contributed by atoms with E-state index in [1.807, 2.05) is 29.2 Å². The SMILES string of the molecule is COc1ccc(CN(C(=O)c2ccc(Cl)c(Cl)c2)C2CC2)cc1. The highest BCUT2D eigenvalue weighted by Gasteiger charge is 2.33. The van der Waals surface area contributed by atoms with Crippen molar-refractivity contribution >= 4 is 29.1 Å². The van der Waals surface area contributed by atoms with E-state index in [2.05, 4.69) is 0 Å². The van der Waals surface area contributed by atoms with Crippen LogP contribution in [0.3, 0.4) is 0 Å². The zero-order valence-electron chi connectivity index (χ0n) is 12.8. The predicted molar refractivity (Wildman–Crippen MR) is 92.4 cm³/mol. The average molecular weight is 350 g/mol. The first-order valence-electron chi connectivity index (χ1n) is 7.47. The molecule has 120 valence electrons. The van der Waals surface area contributed by atoms with Gasteiger partial charge < -0.3 is 9.64 Å². The number of nitrogens with zero attached hydrogens (tertiary/aromatic N) is 1. The molecular formula is C18H17Cl2NO2. The molecule has 0 aromatic heterocycles. The first-order chi connectivity index (χ1) is 11.1. The summed E-state index contributed by atoms with van der Waals surface area (Å²) in [5.74, 6) is 0.796. The van der Waals surface area contributed by atoms with E-state index in [9.17, 15) is 4.79 Å². The lowest BCUT2D eigenvalue weighted by Crippen LogP contribution is -2.32. The molecule has 1 aliphatic rings. The molecule has 0 bridgehead atoms. The smallest absolute Gasteiger partial charge is 0.254 e. The minimum absolute atomic E-state index is 0.0121. The Morgan fingerprint density at radius 2 is 1.83 bits per heavy atom. The minimum atomic E-state index is -0.0121. The number of amides is 1. The molecule has 0 saturated heterocycles. The van der Waals surface area contributed by atoms with Gasteiger partial charge in [-0.1, -0.05) is 35.3 Å². The van der Waals surface area contributed by atoms with Gasteiger partial charge in [0, 0.05) is 18.2 Å². The number of rotatable bonds is 5. The maximum absolute atomic E-state index is 12.8. The summed E-state index contributed by atoms with van der Waals surface area (Å²) in [5, 5.41) is 0.856. The standard InChI is InChI=1S/C18H17Cl2NO2/c1-23-15-7-2-12(3-8-15)11-21(14-5-6-14)18(22)13-4-9-16(19)17(20)10-13/h2-4,7-10,14H,5-6,11H2,1H3. The molecule has 3 rings (SSSR count). The van der Waals surface area contributed by atoms with Crippen LogP contribution in [0.25, 0.3) is 0 Å². The molecule has 0 radical (unpaired) electrons. The van der Waals surface area contributed by atoms with Crippen LogP contribution in [-0.4, -0.2) is 24.0 Å². The van der Waals surface area contributed by atoms with Gasteiger partial charge >= 0.3 is 0 Å². The summed E-state index contributed by atoms with van der Waals surface area (Å²) in [6.07, 6.45) is 2.09. The van der Waals surface area contributed by atoms with Crippen molar-refractivity contribution in [2.45, 2.75) is 25.4 Å². The van der Waals surface area contributed by atoms with Gasteiger partial charge in [0.05, 0.1) is 17.2 Å². The van der Waals surface area contributed by atoms with Gasteiger partial charge in [0.2, 0.25) is 0 Å². The Balaban J connectivity index is 1.80. The minimum Gasteiger partial charge on any atom is -0.497 e. The van der Waals surface area contributed by atoms with E-state index in [0.717, 1.165) is 24.2 Å². The quantitative estimate of drug-likeness (QED) is 0.775. The Hall–Kier alpha value is -1.71. The molecule has 0 N–H and O–H groups in total. The highest BCUT2D eigenvalue weighted by Crippen LogP contribution is 2.31. The van der Waals surface area contributed by atoms with Crippen LogP contribution in [0.4, 0.5) is 0 Å². The number of ether oxygens (including phenoxy) is 1. The Morgan fingerprint density at radius 3 is 2.39 bits per heavy atom. The fourth-order valence-corrected chi connectivity index (χ4v) is 2.77. The lowest BCUT2D eigenvalue weighted by atomic mass is 10.1. The molecule has 0 heterocycles. The number of carbonyl (C=O) groups excluding carboxylic acids is 1. The van der Waals surface area contributed by atoms with E-state index >= 15 is 0 Å². The number of halogens is 2. The van der Waals surface area contributed by atoms with Crippen LogP contribution in [0.15, 0.2) is 42.5 Å². The van der Waals surface area contributed by atoms with Gasteiger partial charge in [-0.05, 0) is 48.7 Å². The Bertz CT molecular complexity index is 711. The van der Waals surface area contributed by atoms with Gasteiger partial charge in [-0.15, -0.1) is 0 Å². The van der Waals surface area contributed by atoms with Crippen LogP contribution < -0.4 is 4.74 Å². The maximum atomic E-state index is 12.8. The van der Waals surface area contributed by atoms with Crippen molar-refractivity contribution in [2.75, 3.05) is 7.11 Å². The van der Waals surface area contributed by atoms with Gasteiger partial charge in [-0.25, -0.2) is 0 Å². The molecule has 1 aliphatic carbocycles. The summed E-state index contributed by atoms with van der Waals surface area (Å²) in [5.41, 5.74) is 1.64. The van der Waals surface area contributed by atoms with Crippen molar-refractivity contribution in [3.05, 3.63) is 63.6 Å². The van der Waals surface area contributed by atoms with Crippen molar-refractivity contribution in [3.63, 3.8) is 0 Å². The molecule has 0 spiro atoms. The van der Waals surface area contributed by atoms with Crippen LogP contribution in [0.5, 0.6) is 5.75 Å². The molecule has 0 aliphatic heterocycles. The zero-order chi connectivity index (χ0) is 16.4. The number of hydrogen-bond acceptors (Lipinski definition) is 2. The second kappa shape index (κ2) is 6.81. The summed E-state index contributed by atoms with van der Waals surface area (Å²) in [6, 6.07) is 13.1. The molecule has 1 amide bonds. The maximum Gasteiger partial charge on any atom is 0.254 e. The Labute approximate surface area is 145 Å². The summed E-state index contributed by atoms with van der Waals surface area (Å²) >= 11 is 12.0. The van der Waals surface area contributed by atoms with Crippen LogP contribution in [0.1, 0.15) is 28.8 Å². The largest absolute Gasteiger partial charge is 0.497 e. The first-order valence-corrected chi connectivity index (χ1v) is 8.23. The van der Waals surface area contributed by atoms with Gasteiger partial charge in [0.25, 0.3) is 5.91 Å². The molecule has 0 atom stereocenters. The molecule has 2 aromatic rings. The molecule has 1 saturated carbocycles. The van der Waals surface area contributed by atoms with Crippen molar-refractivity contribution < 1.29 is 9.53 Å². The van der Waals surface area contributed by atoms with E-state index in [1.165, 1.54) is 0 Å². The third-order valence-corrected chi connectivity index (χ3v) is 4.67. The lowest BCUT2D eigenvalue weighted by Gasteiger charge is -2.23. The predicted octanol–water partition coefficient (Wildman–Crippen LogP) is 4.81. The summed E-state index contributed by atoms with van der Waals surface area (Å²) in [4.78, 5) is 14.7. The van der Waals surface area contributed by atoms with Gasteiger partial charge in [0.1, 0.15) is 5.75 Å². The molecular weight excluding hydrogens is 333 g/mol. The molecule has 3 nitrogen and oxygen atoms in total. The molecule has 1 fully saturated rings. The second-order valence-electron chi connectivity index (χ2n) is 5.64. The second-order valence-corrected chi connectivity index (χ2v) is 6.46. The van der Waals surface area contributed by atoms with E-state index < -0.39 is 0 Å². The third-order valence-electron chi connectivity index (χ3n) is 3.93. The highest BCUT2D eigenvalue weighted by atomic mass is 35.5. The lowest BCUT2D eigenvalue weighted by molar-refractivity contribution is 0.0730. The fraction of sp³-hybridized carbons (Fsp3) is 0.278. The third kappa shape index (κ3) is 3.80. The molecule has 23 heavy (non-hydrogen) atoms. The Kier molecular flexibility index (Phi) is 4.79. The zero-order valence-corrected chi connectivity index (χ0v) is 14.3. The van der Waals surface area contributed by atoms with Crippen LogP contribution in [0.2, 0.25) is 10.0 Å². The highest BCUT2D eigenvalue weighted by molar-refractivity contribution is 6.42. The van der Waals surface area contributed by atoms with Crippen molar-refractivity contribution in [1.82, 2.24) is 4.90 Å². The van der Waals surface area contributed by atoms with Gasteiger partial charge in [-0.2, -0.15) is 0 Å². The average Bonchev–Trinajstić information content (AvgIpc) is 3.40. The number of methoxy groups -OCH3 is 1. The van der Waals surface area contributed by atoms with E-state index in [-0.39, 0.29) is 5.91 Å². The van der Waals surface area contributed by atoms with Crippen LogP contribution in [0, 0.1) is 0 Å². The van der Waals surface area contributed by atoms with Crippen molar-refractivity contribution in [1.29, 1.82) is 0 Å². The monoisotopic (exact) mass is 349 g/mol. The van der Waals surface area contributed by atoms with E-state index in [1.54, 1.807) is 25.3 Å². The summed E-state index contributed by atoms with van der Waals surface area (Å²) in [7, 11) is 1.64. The molecule has 0 unspecified atom stereocenters. The van der Waals surface area contributed by atoms with Gasteiger partial charge in [-0.3, -0.25) is 4.79 Å². The number of hydrogen-bond donors (Lipinski definition) is 0. The first kappa shape index (κ1) is 16.2. The van der Waals surface area contributed by atoms with Crippen molar-refractivity contribution in [3.8, 4) is 5.75 Å². The normalized spacial score (nSPS) is 13.7. The van der Waals surface area contributed by atoms with E-state index in [0.29, 0.717) is 28.2 Å². The molecule has 5 heteroatoms. The summed E-state index contributed by atoms with van der Waals surface area (Å²) in [6.45, 7) is 0.577. The van der Waals surface area contributed by atoms with Gasteiger partial charge in [0.15, 0.2) is 0 Å². The van der Waals surface area contributed by atoms with E-state index in [4.69, 9.17) is 27.9 Å². The fourth-order valence-electron chi connectivity index (χ4n) is 2.48. The van der Waals surface area contributed by atoms with Crippen molar-refractivity contribution in [2.24, 2.45) is 0 Å². The number of benzene rings is 2. The van der Waals surface area contributed by atoms with Crippen LogP contribution in [-0.2, 0) is 6.54 Å². The topological polar surface area (TPSA) is 29.5 Å². The molecule has 2 aromatic carbocycles. The Morgan fingerprint density at radius 1 is 1.13 bits per heavy atom. The number of carbonyl (C=O) groups is 1. The van der Waals surface area contributed by atoms with Crippen LogP contribution >= 0.6 is 23.2 Å².